The Labute approximate surface area is 151 Å². The summed E-state index contributed by atoms with van der Waals surface area (Å²) in [6.07, 6.45) is 0.0672. The molecule has 136 valence electrons. The highest BCUT2D eigenvalue weighted by atomic mass is 16.5. The Bertz CT molecular complexity index is 777. The topological polar surface area (TPSA) is 105 Å². The van der Waals surface area contributed by atoms with Crippen LogP contribution in [0, 0.1) is 0 Å². The molecule has 0 aliphatic carbocycles. The number of carbonyl (C=O) groups is 3. The van der Waals surface area contributed by atoms with Gasteiger partial charge in [-0.05, 0) is 23.8 Å². The molecule has 0 saturated heterocycles. The standard InChI is InChI=1S/C19H20N2O5/c1-26-16-10-6-5-9-14(16)11-15(19(24)25)21-17(22)12-20-18(23)13-7-3-2-4-8-13/h2-10,15H,11-12H2,1H3,(H,20,23)(H,21,22)(H,24,25)/t15-/m0/s1. The first-order valence-electron chi connectivity index (χ1n) is 7.98. The maximum atomic E-state index is 12.0. The van der Waals surface area contributed by atoms with Crippen LogP contribution >= 0.6 is 0 Å². The monoisotopic (exact) mass is 356 g/mol. The molecule has 2 aromatic carbocycles. The number of para-hydroxylation sites is 1. The van der Waals surface area contributed by atoms with E-state index >= 15 is 0 Å². The molecular formula is C19H20N2O5. The second-order valence-electron chi connectivity index (χ2n) is 5.52. The van der Waals surface area contributed by atoms with E-state index in [2.05, 4.69) is 10.6 Å². The van der Waals surface area contributed by atoms with Gasteiger partial charge in [-0.1, -0.05) is 36.4 Å². The van der Waals surface area contributed by atoms with Crippen molar-refractivity contribution in [2.75, 3.05) is 13.7 Å². The second kappa shape index (κ2) is 9.22. The minimum atomic E-state index is -1.17. The van der Waals surface area contributed by atoms with Crippen molar-refractivity contribution < 1.29 is 24.2 Å². The van der Waals surface area contributed by atoms with E-state index in [0.29, 0.717) is 16.9 Å². The van der Waals surface area contributed by atoms with Crippen molar-refractivity contribution >= 4 is 17.8 Å². The molecule has 26 heavy (non-hydrogen) atoms. The van der Waals surface area contributed by atoms with Crippen molar-refractivity contribution in [1.29, 1.82) is 0 Å². The van der Waals surface area contributed by atoms with Crippen LogP contribution in [-0.2, 0) is 16.0 Å². The summed E-state index contributed by atoms with van der Waals surface area (Å²) in [5.74, 6) is -1.61. The number of carbonyl (C=O) groups excluding carboxylic acids is 2. The van der Waals surface area contributed by atoms with Crippen LogP contribution in [0.15, 0.2) is 54.6 Å². The number of aliphatic carboxylic acids is 1. The number of amides is 2. The number of carboxylic acids is 1. The van der Waals surface area contributed by atoms with Crippen LogP contribution in [0.5, 0.6) is 5.75 Å². The third kappa shape index (κ3) is 5.34. The van der Waals surface area contributed by atoms with Crippen molar-refractivity contribution in [3.05, 3.63) is 65.7 Å². The number of methoxy groups -OCH3 is 1. The molecule has 0 unspecified atom stereocenters. The fraction of sp³-hybridized carbons (Fsp3) is 0.211. The molecular weight excluding hydrogens is 336 g/mol. The van der Waals surface area contributed by atoms with Gasteiger partial charge >= 0.3 is 5.97 Å². The van der Waals surface area contributed by atoms with Gasteiger partial charge in [0.05, 0.1) is 13.7 Å². The van der Waals surface area contributed by atoms with Crippen LogP contribution < -0.4 is 15.4 Å². The van der Waals surface area contributed by atoms with Crippen molar-refractivity contribution in [2.24, 2.45) is 0 Å². The lowest BCUT2D eigenvalue weighted by atomic mass is 10.0. The van der Waals surface area contributed by atoms with Gasteiger partial charge < -0.3 is 20.5 Å². The van der Waals surface area contributed by atoms with Crippen LogP contribution in [-0.4, -0.2) is 42.6 Å². The Morgan fingerprint density at radius 3 is 2.35 bits per heavy atom. The maximum absolute atomic E-state index is 12.0. The largest absolute Gasteiger partial charge is 0.496 e. The SMILES string of the molecule is COc1ccccc1C[C@H](NC(=O)CNC(=O)c1ccccc1)C(=O)O. The molecule has 1 atom stereocenters. The van der Waals surface area contributed by atoms with Crippen LogP contribution in [0.2, 0.25) is 0 Å². The third-order valence-corrected chi connectivity index (χ3v) is 3.70. The molecule has 7 nitrogen and oxygen atoms in total. The first-order chi connectivity index (χ1) is 12.5. The Morgan fingerprint density at radius 2 is 1.69 bits per heavy atom. The van der Waals surface area contributed by atoms with Gasteiger partial charge in [0.25, 0.3) is 5.91 Å². The summed E-state index contributed by atoms with van der Waals surface area (Å²) in [6.45, 7) is -0.316. The molecule has 3 N–H and O–H groups in total. The van der Waals surface area contributed by atoms with E-state index in [1.165, 1.54) is 7.11 Å². The lowest BCUT2D eigenvalue weighted by Crippen LogP contribution is -2.46. The van der Waals surface area contributed by atoms with Crippen LogP contribution in [0.25, 0.3) is 0 Å². The van der Waals surface area contributed by atoms with E-state index in [9.17, 15) is 19.5 Å². The van der Waals surface area contributed by atoms with Gasteiger partial charge in [-0.25, -0.2) is 4.79 Å². The summed E-state index contributed by atoms with van der Waals surface area (Å²) in [4.78, 5) is 35.4. The Balaban J connectivity index is 1.93. The first-order valence-corrected chi connectivity index (χ1v) is 7.98. The summed E-state index contributed by atoms with van der Waals surface area (Å²) < 4.78 is 5.20. The summed E-state index contributed by atoms with van der Waals surface area (Å²) in [5.41, 5.74) is 1.08. The highest BCUT2D eigenvalue weighted by Crippen LogP contribution is 2.19. The summed E-state index contributed by atoms with van der Waals surface area (Å²) >= 11 is 0. The van der Waals surface area contributed by atoms with Gasteiger partial charge in [-0.2, -0.15) is 0 Å². The van der Waals surface area contributed by atoms with Crippen molar-refractivity contribution in [3.63, 3.8) is 0 Å². The molecule has 0 aliphatic heterocycles. The van der Waals surface area contributed by atoms with Crippen molar-refractivity contribution in [1.82, 2.24) is 10.6 Å². The highest BCUT2D eigenvalue weighted by Gasteiger charge is 2.22. The second-order valence-corrected chi connectivity index (χ2v) is 5.52. The minimum absolute atomic E-state index is 0.0672. The number of ether oxygens (including phenoxy) is 1. The summed E-state index contributed by atoms with van der Waals surface area (Å²) in [5, 5.41) is 14.2. The Kier molecular flexibility index (Phi) is 6.73. The zero-order valence-electron chi connectivity index (χ0n) is 14.3. The molecule has 0 spiro atoms. The Morgan fingerprint density at radius 1 is 1.04 bits per heavy atom. The molecule has 2 aromatic rings. The zero-order chi connectivity index (χ0) is 18.9. The van der Waals surface area contributed by atoms with Gasteiger partial charge in [-0.15, -0.1) is 0 Å². The normalized spacial score (nSPS) is 11.3. The van der Waals surface area contributed by atoms with Gasteiger partial charge in [0.1, 0.15) is 11.8 Å². The Hall–Kier alpha value is -3.35. The minimum Gasteiger partial charge on any atom is -0.496 e. The van der Waals surface area contributed by atoms with Crippen molar-refractivity contribution in [2.45, 2.75) is 12.5 Å². The van der Waals surface area contributed by atoms with Crippen LogP contribution in [0.3, 0.4) is 0 Å². The fourth-order valence-corrected chi connectivity index (χ4v) is 2.39. The number of hydrogen-bond acceptors (Lipinski definition) is 4. The third-order valence-electron chi connectivity index (χ3n) is 3.70. The predicted molar refractivity (Wildman–Crippen MR) is 95.0 cm³/mol. The molecule has 2 amide bonds. The smallest absolute Gasteiger partial charge is 0.326 e. The number of hydrogen-bond donors (Lipinski definition) is 3. The molecule has 0 radical (unpaired) electrons. The summed E-state index contributed by atoms with van der Waals surface area (Å²) in [7, 11) is 1.49. The summed E-state index contributed by atoms with van der Waals surface area (Å²) in [6, 6.07) is 14.3. The van der Waals surface area contributed by atoms with Gasteiger partial charge in [0.15, 0.2) is 0 Å². The number of benzene rings is 2. The van der Waals surface area contributed by atoms with Crippen LogP contribution in [0.4, 0.5) is 0 Å². The molecule has 2 rings (SSSR count). The lowest BCUT2D eigenvalue weighted by Gasteiger charge is -2.16. The van der Waals surface area contributed by atoms with E-state index in [1.54, 1.807) is 54.6 Å². The molecule has 0 bridgehead atoms. The number of nitrogens with one attached hydrogen (secondary N) is 2. The average Bonchev–Trinajstić information content (AvgIpc) is 2.66. The molecule has 0 aromatic heterocycles. The highest BCUT2D eigenvalue weighted by molar-refractivity contribution is 5.96. The zero-order valence-corrected chi connectivity index (χ0v) is 14.3. The van der Waals surface area contributed by atoms with E-state index < -0.39 is 23.8 Å². The molecule has 0 aliphatic rings. The number of carboxylic acid groups (broad SMARTS) is 1. The van der Waals surface area contributed by atoms with E-state index in [4.69, 9.17) is 4.74 Å². The van der Waals surface area contributed by atoms with Crippen LogP contribution in [0.1, 0.15) is 15.9 Å². The van der Waals surface area contributed by atoms with E-state index in [0.717, 1.165) is 0 Å². The predicted octanol–water partition coefficient (Wildman–Crippen LogP) is 1.24. The van der Waals surface area contributed by atoms with Gasteiger partial charge in [0.2, 0.25) is 5.91 Å². The fourth-order valence-electron chi connectivity index (χ4n) is 2.39. The quantitative estimate of drug-likeness (QED) is 0.660. The molecule has 0 fully saturated rings. The molecule has 7 heteroatoms. The van der Waals surface area contributed by atoms with Gasteiger partial charge in [0, 0.05) is 12.0 Å². The molecule has 0 heterocycles. The van der Waals surface area contributed by atoms with Crippen molar-refractivity contribution in [3.8, 4) is 5.75 Å². The average molecular weight is 356 g/mol. The molecule has 0 saturated carbocycles. The number of rotatable bonds is 8. The lowest BCUT2D eigenvalue weighted by molar-refractivity contribution is -0.141. The van der Waals surface area contributed by atoms with E-state index in [1.807, 2.05) is 0 Å². The van der Waals surface area contributed by atoms with Gasteiger partial charge in [-0.3, -0.25) is 9.59 Å². The van der Waals surface area contributed by atoms with E-state index in [-0.39, 0.29) is 13.0 Å². The maximum Gasteiger partial charge on any atom is 0.326 e. The first kappa shape index (κ1) is 19.0.